The van der Waals surface area contributed by atoms with Gasteiger partial charge in [0.1, 0.15) is 11.6 Å². The molecule has 0 unspecified atom stereocenters. The smallest absolute Gasteiger partial charge is 0.183 e. The zero-order valence-electron chi connectivity index (χ0n) is 13.9. The number of aromatic nitrogens is 2. The van der Waals surface area contributed by atoms with Crippen LogP contribution in [-0.2, 0) is 0 Å². The van der Waals surface area contributed by atoms with Crippen molar-refractivity contribution in [2.75, 3.05) is 49.5 Å². The van der Waals surface area contributed by atoms with Gasteiger partial charge < -0.3 is 10.2 Å². The molecular formula is C18H20FN5S. The Hall–Kier alpha value is -2.25. The van der Waals surface area contributed by atoms with E-state index in [1.54, 1.807) is 6.07 Å². The number of piperazine rings is 1. The molecule has 0 saturated carbocycles. The van der Waals surface area contributed by atoms with Gasteiger partial charge in [-0.2, -0.15) is 0 Å². The van der Waals surface area contributed by atoms with Crippen molar-refractivity contribution >= 4 is 32.5 Å². The van der Waals surface area contributed by atoms with E-state index >= 15 is 0 Å². The lowest BCUT2D eigenvalue weighted by atomic mass is 10.3. The van der Waals surface area contributed by atoms with Crippen LogP contribution < -0.4 is 10.2 Å². The Morgan fingerprint density at radius 1 is 1.12 bits per heavy atom. The van der Waals surface area contributed by atoms with Crippen LogP contribution in [0.25, 0.3) is 10.2 Å². The molecule has 2 aromatic heterocycles. The number of thiazole rings is 1. The summed E-state index contributed by atoms with van der Waals surface area (Å²) in [6, 6.07) is 10.8. The summed E-state index contributed by atoms with van der Waals surface area (Å²) < 4.78 is 14.1. The van der Waals surface area contributed by atoms with Crippen molar-refractivity contribution in [2.24, 2.45) is 0 Å². The normalized spacial score (nSPS) is 15.6. The summed E-state index contributed by atoms with van der Waals surface area (Å²) in [5.41, 5.74) is 0.845. The molecule has 5 nitrogen and oxygen atoms in total. The van der Waals surface area contributed by atoms with Crippen molar-refractivity contribution in [1.82, 2.24) is 14.9 Å². The second kappa shape index (κ2) is 7.33. The third-order valence-corrected chi connectivity index (χ3v) is 5.38. The van der Waals surface area contributed by atoms with Gasteiger partial charge in [-0.05, 0) is 30.3 Å². The summed E-state index contributed by atoms with van der Waals surface area (Å²) in [5.74, 6) is 0.843. The fourth-order valence-electron chi connectivity index (χ4n) is 3.04. The first-order valence-electron chi connectivity index (χ1n) is 8.46. The van der Waals surface area contributed by atoms with Crippen LogP contribution in [0.5, 0.6) is 0 Å². The Bertz CT molecular complexity index is 830. The molecule has 1 aromatic carbocycles. The van der Waals surface area contributed by atoms with Gasteiger partial charge in [0.2, 0.25) is 0 Å². The van der Waals surface area contributed by atoms with Crippen LogP contribution in [0.2, 0.25) is 0 Å². The van der Waals surface area contributed by atoms with E-state index in [0.29, 0.717) is 0 Å². The number of pyridine rings is 1. The van der Waals surface area contributed by atoms with E-state index in [1.807, 2.05) is 18.3 Å². The van der Waals surface area contributed by atoms with Gasteiger partial charge in [-0.1, -0.05) is 17.4 Å². The highest BCUT2D eigenvalue weighted by molar-refractivity contribution is 7.22. The summed E-state index contributed by atoms with van der Waals surface area (Å²) in [6.07, 6.45) is 1.84. The average Bonchev–Trinajstić information content (AvgIpc) is 3.05. The SMILES string of the molecule is Fc1ccc2nc(NCCN3CCN(c4ccccn4)CC3)sc2c1. The lowest BCUT2D eigenvalue weighted by molar-refractivity contribution is 0.266. The molecule has 1 N–H and O–H groups in total. The van der Waals surface area contributed by atoms with Crippen molar-refractivity contribution in [2.45, 2.75) is 0 Å². The van der Waals surface area contributed by atoms with E-state index in [2.05, 4.69) is 31.2 Å². The van der Waals surface area contributed by atoms with Crippen molar-refractivity contribution in [3.63, 3.8) is 0 Å². The van der Waals surface area contributed by atoms with Gasteiger partial charge in [0, 0.05) is 45.5 Å². The van der Waals surface area contributed by atoms with Crippen molar-refractivity contribution in [3.8, 4) is 0 Å². The van der Waals surface area contributed by atoms with Crippen LogP contribution in [0.3, 0.4) is 0 Å². The van der Waals surface area contributed by atoms with E-state index in [9.17, 15) is 4.39 Å². The Balaban J connectivity index is 1.25. The zero-order valence-corrected chi connectivity index (χ0v) is 14.7. The highest BCUT2D eigenvalue weighted by atomic mass is 32.1. The summed E-state index contributed by atoms with van der Waals surface area (Å²) in [6.45, 7) is 5.87. The number of nitrogens with zero attached hydrogens (tertiary/aromatic N) is 4. The minimum atomic E-state index is -0.214. The Morgan fingerprint density at radius 2 is 2.00 bits per heavy atom. The van der Waals surface area contributed by atoms with E-state index in [0.717, 1.165) is 60.4 Å². The van der Waals surface area contributed by atoms with Gasteiger partial charge in [0.15, 0.2) is 5.13 Å². The minimum absolute atomic E-state index is 0.214. The van der Waals surface area contributed by atoms with Gasteiger partial charge in [-0.3, -0.25) is 4.90 Å². The lowest BCUT2D eigenvalue weighted by Crippen LogP contribution is -2.47. The first kappa shape index (κ1) is 16.2. The van der Waals surface area contributed by atoms with E-state index < -0.39 is 0 Å². The number of rotatable bonds is 5. The Kier molecular flexibility index (Phi) is 4.76. The highest BCUT2D eigenvalue weighted by Crippen LogP contribution is 2.26. The molecule has 3 aromatic rings. The van der Waals surface area contributed by atoms with Crippen LogP contribution in [-0.4, -0.2) is 54.1 Å². The van der Waals surface area contributed by atoms with Crippen LogP contribution in [0.4, 0.5) is 15.3 Å². The number of halogens is 1. The molecule has 1 saturated heterocycles. The fraction of sp³-hybridized carbons (Fsp3) is 0.333. The first-order valence-corrected chi connectivity index (χ1v) is 9.28. The number of fused-ring (bicyclic) bond motifs is 1. The minimum Gasteiger partial charge on any atom is -0.360 e. The summed E-state index contributed by atoms with van der Waals surface area (Å²) >= 11 is 1.50. The molecule has 1 aliphatic heterocycles. The molecule has 0 aliphatic carbocycles. The summed E-state index contributed by atoms with van der Waals surface area (Å²) in [5, 5.41) is 4.22. The number of hydrogen-bond donors (Lipinski definition) is 1. The second-order valence-electron chi connectivity index (χ2n) is 6.07. The van der Waals surface area contributed by atoms with E-state index in [-0.39, 0.29) is 5.82 Å². The van der Waals surface area contributed by atoms with Gasteiger partial charge in [0.25, 0.3) is 0 Å². The number of anilines is 2. The molecule has 0 bridgehead atoms. The van der Waals surface area contributed by atoms with Crippen molar-refractivity contribution in [3.05, 3.63) is 48.4 Å². The molecule has 0 atom stereocenters. The van der Waals surface area contributed by atoms with Gasteiger partial charge >= 0.3 is 0 Å². The molecule has 7 heteroatoms. The third kappa shape index (κ3) is 3.88. The molecule has 1 aliphatic rings. The molecule has 0 spiro atoms. The molecule has 1 fully saturated rings. The number of benzene rings is 1. The van der Waals surface area contributed by atoms with Crippen molar-refractivity contribution < 1.29 is 4.39 Å². The maximum atomic E-state index is 13.2. The number of nitrogens with one attached hydrogen (secondary N) is 1. The summed E-state index contributed by atoms with van der Waals surface area (Å²) in [4.78, 5) is 13.7. The van der Waals surface area contributed by atoms with Crippen LogP contribution >= 0.6 is 11.3 Å². The fourth-order valence-corrected chi connectivity index (χ4v) is 3.95. The predicted molar refractivity (Wildman–Crippen MR) is 101 cm³/mol. The standard InChI is InChI=1S/C18H20FN5S/c19-14-4-5-15-16(13-14)25-18(22-15)21-7-8-23-9-11-24(12-10-23)17-3-1-2-6-20-17/h1-6,13H,7-12H2,(H,21,22). The summed E-state index contributed by atoms with van der Waals surface area (Å²) in [7, 11) is 0. The zero-order chi connectivity index (χ0) is 17.1. The predicted octanol–water partition coefficient (Wildman–Crippen LogP) is 3.06. The second-order valence-corrected chi connectivity index (χ2v) is 7.11. The van der Waals surface area contributed by atoms with Crippen LogP contribution in [0.1, 0.15) is 0 Å². The van der Waals surface area contributed by atoms with E-state index in [4.69, 9.17) is 0 Å². The first-order chi connectivity index (χ1) is 12.3. The van der Waals surface area contributed by atoms with Crippen LogP contribution in [0.15, 0.2) is 42.6 Å². The monoisotopic (exact) mass is 357 g/mol. The Labute approximate surface area is 150 Å². The quantitative estimate of drug-likeness (QED) is 0.760. The molecule has 130 valence electrons. The van der Waals surface area contributed by atoms with Gasteiger partial charge in [0.05, 0.1) is 10.2 Å². The highest BCUT2D eigenvalue weighted by Gasteiger charge is 2.17. The maximum absolute atomic E-state index is 13.2. The van der Waals surface area contributed by atoms with E-state index in [1.165, 1.54) is 23.5 Å². The molecule has 3 heterocycles. The average molecular weight is 357 g/mol. The number of hydrogen-bond acceptors (Lipinski definition) is 6. The van der Waals surface area contributed by atoms with Gasteiger partial charge in [-0.25, -0.2) is 14.4 Å². The largest absolute Gasteiger partial charge is 0.360 e. The molecule has 0 amide bonds. The van der Waals surface area contributed by atoms with Crippen LogP contribution in [0, 0.1) is 5.82 Å². The van der Waals surface area contributed by atoms with Gasteiger partial charge in [-0.15, -0.1) is 0 Å². The maximum Gasteiger partial charge on any atom is 0.183 e. The molecule has 4 rings (SSSR count). The molecule has 0 radical (unpaired) electrons. The molecule has 25 heavy (non-hydrogen) atoms. The lowest BCUT2D eigenvalue weighted by Gasteiger charge is -2.35. The third-order valence-electron chi connectivity index (χ3n) is 4.40. The molecular weight excluding hydrogens is 337 g/mol. The van der Waals surface area contributed by atoms with Crippen molar-refractivity contribution in [1.29, 1.82) is 0 Å². The Morgan fingerprint density at radius 3 is 2.80 bits per heavy atom. The topological polar surface area (TPSA) is 44.3 Å².